The normalized spacial score (nSPS) is 24.5. The molecule has 2 rings (SSSR count). The Morgan fingerprint density at radius 3 is 2.57 bits per heavy atom. The van der Waals surface area contributed by atoms with Crippen molar-refractivity contribution in [1.82, 2.24) is 10.2 Å². The van der Waals surface area contributed by atoms with Crippen LogP contribution in [0.5, 0.6) is 0 Å². The topological polar surface area (TPSA) is 24.5 Å². The Morgan fingerprint density at radius 1 is 1.24 bits per heavy atom. The lowest BCUT2D eigenvalue weighted by Gasteiger charge is -2.34. The average Bonchev–Trinajstić information content (AvgIpc) is 2.48. The number of rotatable bonds is 6. The van der Waals surface area contributed by atoms with E-state index in [4.69, 9.17) is 4.74 Å². The molecule has 1 aromatic rings. The van der Waals surface area contributed by atoms with Crippen LogP contribution in [0.2, 0.25) is 0 Å². The van der Waals surface area contributed by atoms with E-state index in [1.165, 1.54) is 5.56 Å². The molecular formula is C18H30N2O. The molecule has 1 N–H and O–H groups in total. The van der Waals surface area contributed by atoms with Gasteiger partial charge in [-0.2, -0.15) is 0 Å². The van der Waals surface area contributed by atoms with Gasteiger partial charge in [-0.3, -0.25) is 0 Å². The maximum atomic E-state index is 5.86. The van der Waals surface area contributed by atoms with Gasteiger partial charge in [-0.1, -0.05) is 44.2 Å². The van der Waals surface area contributed by atoms with Crippen molar-refractivity contribution in [1.29, 1.82) is 0 Å². The standard InChI is InChI=1S/C18H30N2O/c1-14(2)18-12-16(10-11-21-18)19-13-17(20(3)4)15-8-6-5-7-9-15/h5-9,14,16-19H,10-13H2,1-4H3. The van der Waals surface area contributed by atoms with Crippen molar-refractivity contribution in [2.75, 3.05) is 27.2 Å². The SMILES string of the molecule is CC(C)C1CC(NCC(c2ccccc2)N(C)C)CCO1. The Hall–Kier alpha value is -0.900. The van der Waals surface area contributed by atoms with Crippen molar-refractivity contribution in [2.45, 2.75) is 44.9 Å². The second kappa shape index (κ2) is 7.92. The Labute approximate surface area is 129 Å². The highest BCUT2D eigenvalue weighted by molar-refractivity contribution is 5.19. The van der Waals surface area contributed by atoms with E-state index in [-0.39, 0.29) is 0 Å². The average molecular weight is 290 g/mol. The molecule has 1 saturated heterocycles. The molecule has 1 aliphatic rings. The van der Waals surface area contributed by atoms with Crippen LogP contribution in [0.15, 0.2) is 30.3 Å². The number of nitrogens with one attached hydrogen (secondary N) is 1. The summed E-state index contributed by atoms with van der Waals surface area (Å²) in [5, 5.41) is 3.76. The molecule has 0 aromatic heterocycles. The highest BCUT2D eigenvalue weighted by atomic mass is 16.5. The molecule has 3 unspecified atom stereocenters. The first kappa shape index (κ1) is 16.5. The number of benzene rings is 1. The molecule has 1 aromatic carbocycles. The first-order valence-corrected chi connectivity index (χ1v) is 8.14. The molecular weight excluding hydrogens is 260 g/mol. The summed E-state index contributed by atoms with van der Waals surface area (Å²) < 4.78 is 5.86. The fraction of sp³-hybridized carbons (Fsp3) is 0.667. The fourth-order valence-corrected chi connectivity index (χ4v) is 3.03. The molecule has 1 fully saturated rings. The van der Waals surface area contributed by atoms with Crippen molar-refractivity contribution in [2.24, 2.45) is 5.92 Å². The van der Waals surface area contributed by atoms with E-state index < -0.39 is 0 Å². The van der Waals surface area contributed by atoms with Gasteiger partial charge in [0, 0.05) is 25.2 Å². The lowest BCUT2D eigenvalue weighted by Crippen LogP contribution is -2.43. The number of ether oxygens (including phenoxy) is 1. The molecule has 0 radical (unpaired) electrons. The number of likely N-dealkylation sites (N-methyl/N-ethyl adjacent to an activating group) is 1. The zero-order chi connectivity index (χ0) is 15.2. The minimum absolute atomic E-state index is 0.408. The van der Waals surface area contributed by atoms with Crippen molar-refractivity contribution >= 4 is 0 Å². The third-order valence-corrected chi connectivity index (χ3v) is 4.47. The molecule has 0 amide bonds. The van der Waals surface area contributed by atoms with E-state index >= 15 is 0 Å². The van der Waals surface area contributed by atoms with Crippen LogP contribution in [0.4, 0.5) is 0 Å². The van der Waals surface area contributed by atoms with E-state index in [0.717, 1.165) is 26.0 Å². The minimum atomic E-state index is 0.408. The molecule has 0 spiro atoms. The predicted octanol–water partition coefficient (Wildman–Crippen LogP) is 3.08. The van der Waals surface area contributed by atoms with E-state index in [2.05, 4.69) is 68.5 Å². The van der Waals surface area contributed by atoms with Crippen LogP contribution in [-0.2, 0) is 4.74 Å². The van der Waals surface area contributed by atoms with Gasteiger partial charge in [-0.05, 0) is 38.4 Å². The Kier molecular flexibility index (Phi) is 6.22. The van der Waals surface area contributed by atoms with Crippen LogP contribution >= 0.6 is 0 Å². The lowest BCUT2D eigenvalue weighted by molar-refractivity contribution is -0.0249. The molecule has 0 bridgehead atoms. The summed E-state index contributed by atoms with van der Waals surface area (Å²) in [6.45, 7) is 6.38. The number of hydrogen-bond acceptors (Lipinski definition) is 3. The van der Waals surface area contributed by atoms with Gasteiger partial charge < -0.3 is 15.0 Å². The van der Waals surface area contributed by atoms with Crippen LogP contribution in [-0.4, -0.2) is 44.3 Å². The summed E-state index contributed by atoms with van der Waals surface area (Å²) in [7, 11) is 4.31. The largest absolute Gasteiger partial charge is 0.378 e. The van der Waals surface area contributed by atoms with Gasteiger partial charge in [0.1, 0.15) is 0 Å². The number of hydrogen-bond donors (Lipinski definition) is 1. The number of nitrogens with zero attached hydrogens (tertiary/aromatic N) is 1. The molecule has 3 atom stereocenters. The minimum Gasteiger partial charge on any atom is -0.378 e. The third-order valence-electron chi connectivity index (χ3n) is 4.47. The molecule has 1 aliphatic heterocycles. The summed E-state index contributed by atoms with van der Waals surface area (Å²) in [5.74, 6) is 0.605. The van der Waals surface area contributed by atoms with Gasteiger partial charge in [0.05, 0.1) is 6.10 Å². The zero-order valence-electron chi connectivity index (χ0n) is 13.9. The van der Waals surface area contributed by atoms with Gasteiger partial charge in [0.2, 0.25) is 0 Å². The van der Waals surface area contributed by atoms with Crippen LogP contribution in [0.3, 0.4) is 0 Å². The second-order valence-electron chi connectivity index (χ2n) is 6.67. The molecule has 3 heteroatoms. The molecule has 3 nitrogen and oxygen atoms in total. The maximum Gasteiger partial charge on any atom is 0.0612 e. The molecule has 21 heavy (non-hydrogen) atoms. The first-order valence-electron chi connectivity index (χ1n) is 8.14. The van der Waals surface area contributed by atoms with Gasteiger partial charge >= 0.3 is 0 Å². The van der Waals surface area contributed by atoms with Crippen molar-refractivity contribution in [3.05, 3.63) is 35.9 Å². The molecule has 1 heterocycles. The van der Waals surface area contributed by atoms with Gasteiger partial charge in [-0.25, -0.2) is 0 Å². The van der Waals surface area contributed by atoms with Gasteiger partial charge in [0.15, 0.2) is 0 Å². The summed E-state index contributed by atoms with van der Waals surface area (Å²) >= 11 is 0. The highest BCUT2D eigenvalue weighted by Crippen LogP contribution is 2.22. The quantitative estimate of drug-likeness (QED) is 0.871. The van der Waals surface area contributed by atoms with Crippen molar-refractivity contribution < 1.29 is 4.74 Å². The first-order chi connectivity index (χ1) is 10.1. The zero-order valence-corrected chi connectivity index (χ0v) is 13.9. The Morgan fingerprint density at radius 2 is 1.95 bits per heavy atom. The van der Waals surface area contributed by atoms with Gasteiger partial charge in [0.25, 0.3) is 0 Å². The lowest BCUT2D eigenvalue weighted by atomic mass is 9.95. The fourth-order valence-electron chi connectivity index (χ4n) is 3.03. The maximum absolute atomic E-state index is 5.86. The van der Waals surface area contributed by atoms with E-state index in [9.17, 15) is 0 Å². The van der Waals surface area contributed by atoms with Gasteiger partial charge in [-0.15, -0.1) is 0 Å². The monoisotopic (exact) mass is 290 g/mol. The molecule has 0 aliphatic carbocycles. The van der Waals surface area contributed by atoms with Crippen LogP contribution in [0.25, 0.3) is 0 Å². The summed E-state index contributed by atoms with van der Waals surface area (Å²) in [6, 6.07) is 11.8. The predicted molar refractivity (Wildman–Crippen MR) is 88.5 cm³/mol. The summed E-state index contributed by atoms with van der Waals surface area (Å²) in [5.41, 5.74) is 1.38. The van der Waals surface area contributed by atoms with Crippen molar-refractivity contribution in [3.8, 4) is 0 Å². The van der Waals surface area contributed by atoms with Crippen molar-refractivity contribution in [3.63, 3.8) is 0 Å². The van der Waals surface area contributed by atoms with E-state index in [1.54, 1.807) is 0 Å². The van der Waals surface area contributed by atoms with E-state index in [1.807, 2.05) is 0 Å². The molecule has 118 valence electrons. The third kappa shape index (κ3) is 4.80. The Balaban J connectivity index is 1.90. The van der Waals surface area contributed by atoms with Crippen LogP contribution in [0.1, 0.15) is 38.3 Å². The van der Waals surface area contributed by atoms with Crippen LogP contribution in [0, 0.1) is 5.92 Å². The summed E-state index contributed by atoms with van der Waals surface area (Å²) in [6.07, 6.45) is 2.66. The smallest absolute Gasteiger partial charge is 0.0612 e. The Bertz CT molecular complexity index is 405. The summed E-state index contributed by atoms with van der Waals surface area (Å²) in [4.78, 5) is 2.29. The molecule has 0 saturated carbocycles. The van der Waals surface area contributed by atoms with E-state index in [0.29, 0.717) is 24.1 Å². The van der Waals surface area contributed by atoms with Crippen LogP contribution < -0.4 is 5.32 Å². The second-order valence-corrected chi connectivity index (χ2v) is 6.67. The highest BCUT2D eigenvalue weighted by Gasteiger charge is 2.25.